The highest BCUT2D eigenvalue weighted by Gasteiger charge is 2.29. The van der Waals surface area contributed by atoms with E-state index < -0.39 is 51.6 Å². The Kier molecular flexibility index (Phi) is 6.27. The third kappa shape index (κ3) is 4.52. The standard InChI is InChI=1S/C25H18F4N2O5/c1-25(2,34)24-30-20(22(36-24)15-6-5-14(26)10-16(15)27)12-4-7-19(32)31(11-12)21-17(28)8-13(9-18(21)29)23(33)35-3/h4-11,34H,1-3H3. The van der Waals surface area contributed by atoms with Crippen LogP contribution in [0.5, 0.6) is 0 Å². The van der Waals surface area contributed by atoms with Gasteiger partial charge in [-0.2, -0.15) is 0 Å². The Hall–Kier alpha value is -4.25. The monoisotopic (exact) mass is 502 g/mol. The van der Waals surface area contributed by atoms with Crippen molar-refractivity contribution in [2.45, 2.75) is 19.4 Å². The number of nitrogens with zero attached hydrogens (tertiary/aromatic N) is 2. The molecule has 0 bridgehead atoms. The molecule has 0 aliphatic carbocycles. The second kappa shape index (κ2) is 9.08. The van der Waals surface area contributed by atoms with Crippen LogP contribution in [0.2, 0.25) is 0 Å². The van der Waals surface area contributed by atoms with E-state index in [9.17, 15) is 32.3 Å². The smallest absolute Gasteiger partial charge is 0.338 e. The van der Waals surface area contributed by atoms with E-state index in [2.05, 4.69) is 9.72 Å². The van der Waals surface area contributed by atoms with Gasteiger partial charge in [-0.05, 0) is 44.2 Å². The molecule has 1 N–H and O–H groups in total. The molecule has 0 aliphatic rings. The molecule has 186 valence electrons. The molecule has 0 aliphatic heterocycles. The summed E-state index contributed by atoms with van der Waals surface area (Å²) in [6.45, 7) is 2.73. The predicted octanol–water partition coefficient (Wildman–Crippen LogP) is 4.73. The molecule has 0 saturated heterocycles. The first kappa shape index (κ1) is 24.9. The number of carbonyl (C=O) groups is 1. The van der Waals surface area contributed by atoms with E-state index in [0.717, 1.165) is 31.5 Å². The quantitative estimate of drug-likeness (QED) is 0.313. The Morgan fingerprint density at radius 2 is 1.69 bits per heavy atom. The molecular weight excluding hydrogens is 484 g/mol. The molecule has 4 aromatic rings. The van der Waals surface area contributed by atoms with Gasteiger partial charge in [-0.1, -0.05) is 0 Å². The van der Waals surface area contributed by atoms with Crippen molar-refractivity contribution in [2.24, 2.45) is 0 Å². The van der Waals surface area contributed by atoms with Crippen molar-refractivity contribution in [3.8, 4) is 28.3 Å². The van der Waals surface area contributed by atoms with Crippen molar-refractivity contribution >= 4 is 5.97 Å². The van der Waals surface area contributed by atoms with E-state index >= 15 is 0 Å². The van der Waals surface area contributed by atoms with E-state index in [-0.39, 0.29) is 28.5 Å². The summed E-state index contributed by atoms with van der Waals surface area (Å²) in [5.74, 6) is -5.69. The highest BCUT2D eigenvalue weighted by Crippen LogP contribution is 2.37. The lowest BCUT2D eigenvalue weighted by Gasteiger charge is -2.11. The first-order valence-electron chi connectivity index (χ1n) is 10.4. The normalized spacial score (nSPS) is 11.6. The minimum absolute atomic E-state index is 0.0587. The van der Waals surface area contributed by atoms with Crippen LogP contribution in [0.4, 0.5) is 17.6 Å². The first-order valence-corrected chi connectivity index (χ1v) is 10.4. The van der Waals surface area contributed by atoms with Gasteiger partial charge in [0.2, 0.25) is 5.89 Å². The van der Waals surface area contributed by atoms with Gasteiger partial charge in [-0.15, -0.1) is 0 Å². The highest BCUT2D eigenvalue weighted by molar-refractivity contribution is 5.89. The Labute approximate surface area is 201 Å². The number of hydrogen-bond donors (Lipinski definition) is 1. The number of methoxy groups -OCH3 is 1. The molecule has 2 heterocycles. The van der Waals surface area contributed by atoms with Gasteiger partial charge in [0.15, 0.2) is 17.4 Å². The van der Waals surface area contributed by atoms with Gasteiger partial charge in [0.25, 0.3) is 5.56 Å². The van der Waals surface area contributed by atoms with Crippen molar-refractivity contribution in [1.29, 1.82) is 0 Å². The van der Waals surface area contributed by atoms with Crippen LogP contribution in [-0.4, -0.2) is 27.7 Å². The molecule has 0 saturated carbocycles. The summed E-state index contributed by atoms with van der Waals surface area (Å²) in [5, 5.41) is 10.4. The van der Waals surface area contributed by atoms with E-state index in [0.29, 0.717) is 22.8 Å². The lowest BCUT2D eigenvalue weighted by atomic mass is 10.1. The largest absolute Gasteiger partial charge is 0.465 e. The van der Waals surface area contributed by atoms with Crippen LogP contribution in [0.3, 0.4) is 0 Å². The molecule has 36 heavy (non-hydrogen) atoms. The maximum atomic E-state index is 14.8. The van der Waals surface area contributed by atoms with Gasteiger partial charge in [0, 0.05) is 23.9 Å². The average molecular weight is 502 g/mol. The van der Waals surface area contributed by atoms with Gasteiger partial charge in [-0.25, -0.2) is 27.3 Å². The molecule has 2 aromatic carbocycles. The average Bonchev–Trinajstić information content (AvgIpc) is 3.25. The van der Waals surface area contributed by atoms with Crippen LogP contribution in [0.25, 0.3) is 28.3 Å². The van der Waals surface area contributed by atoms with Crippen LogP contribution in [0.1, 0.15) is 30.1 Å². The Bertz CT molecular complexity index is 1530. The minimum atomic E-state index is -1.61. The summed E-state index contributed by atoms with van der Waals surface area (Å²) in [4.78, 5) is 28.4. The third-order valence-corrected chi connectivity index (χ3v) is 5.19. The van der Waals surface area contributed by atoms with Gasteiger partial charge in [0.05, 0.1) is 18.2 Å². The molecule has 0 atom stereocenters. The Balaban J connectivity index is 1.94. The predicted molar refractivity (Wildman–Crippen MR) is 119 cm³/mol. The second-order valence-corrected chi connectivity index (χ2v) is 8.29. The van der Waals surface area contributed by atoms with Gasteiger partial charge in [0.1, 0.15) is 28.6 Å². The number of hydrogen-bond acceptors (Lipinski definition) is 6. The fourth-order valence-corrected chi connectivity index (χ4v) is 3.47. The SMILES string of the molecule is COC(=O)c1cc(F)c(-n2cc(-c3nc(C(C)(C)O)oc3-c3ccc(F)cc3F)ccc2=O)c(F)c1. The first-order chi connectivity index (χ1) is 16.9. The van der Waals surface area contributed by atoms with Gasteiger partial charge in [-0.3, -0.25) is 9.36 Å². The zero-order chi connectivity index (χ0) is 26.4. The van der Waals surface area contributed by atoms with Crippen molar-refractivity contribution in [1.82, 2.24) is 9.55 Å². The number of oxazole rings is 1. The third-order valence-electron chi connectivity index (χ3n) is 5.19. The zero-order valence-electron chi connectivity index (χ0n) is 19.1. The number of aromatic nitrogens is 2. The van der Waals surface area contributed by atoms with Crippen molar-refractivity contribution in [3.63, 3.8) is 0 Å². The molecule has 11 heteroatoms. The van der Waals surface area contributed by atoms with Crippen molar-refractivity contribution < 1.29 is 36.6 Å². The van der Waals surface area contributed by atoms with E-state index in [1.807, 2.05) is 0 Å². The molecular formula is C25H18F4N2O5. The number of ether oxygens (including phenoxy) is 1. The summed E-state index contributed by atoms with van der Waals surface area (Å²) in [6.07, 6.45) is 1.04. The topological polar surface area (TPSA) is 94.6 Å². The van der Waals surface area contributed by atoms with Crippen LogP contribution in [0.15, 0.2) is 57.9 Å². The Morgan fingerprint density at radius 1 is 1.03 bits per heavy atom. The molecule has 0 fully saturated rings. The Morgan fingerprint density at radius 3 is 2.28 bits per heavy atom. The molecule has 7 nitrogen and oxygen atoms in total. The fourth-order valence-electron chi connectivity index (χ4n) is 3.47. The summed E-state index contributed by atoms with van der Waals surface area (Å²) in [5.41, 5.74) is -3.85. The molecule has 0 radical (unpaired) electrons. The van der Waals surface area contributed by atoms with E-state index in [1.165, 1.54) is 19.9 Å². The molecule has 0 amide bonds. The lowest BCUT2D eigenvalue weighted by molar-refractivity contribution is 0.0490. The van der Waals surface area contributed by atoms with Crippen LogP contribution < -0.4 is 5.56 Å². The second-order valence-electron chi connectivity index (χ2n) is 8.29. The molecule has 0 spiro atoms. The minimum Gasteiger partial charge on any atom is -0.465 e. The molecule has 4 rings (SSSR count). The summed E-state index contributed by atoms with van der Waals surface area (Å²) in [7, 11) is 1.04. The van der Waals surface area contributed by atoms with Crippen LogP contribution in [0, 0.1) is 23.3 Å². The number of halogens is 4. The zero-order valence-corrected chi connectivity index (χ0v) is 19.1. The number of benzene rings is 2. The van der Waals surface area contributed by atoms with Crippen molar-refractivity contribution in [3.05, 3.63) is 93.7 Å². The number of esters is 1. The maximum Gasteiger partial charge on any atom is 0.338 e. The van der Waals surface area contributed by atoms with Gasteiger partial charge >= 0.3 is 5.97 Å². The van der Waals surface area contributed by atoms with Crippen LogP contribution >= 0.6 is 0 Å². The maximum absolute atomic E-state index is 14.8. The fraction of sp³-hybridized carbons (Fsp3) is 0.160. The molecule has 0 unspecified atom stereocenters. The summed E-state index contributed by atoms with van der Waals surface area (Å²) >= 11 is 0. The number of carbonyl (C=O) groups excluding carboxylic acids is 1. The number of aliphatic hydroxyl groups is 1. The summed E-state index contributed by atoms with van der Waals surface area (Å²) < 4.78 is 68.5. The van der Waals surface area contributed by atoms with Gasteiger partial charge < -0.3 is 14.3 Å². The summed E-state index contributed by atoms with van der Waals surface area (Å²) in [6, 6.07) is 6.39. The molecule has 2 aromatic heterocycles. The number of rotatable bonds is 5. The van der Waals surface area contributed by atoms with Crippen LogP contribution in [-0.2, 0) is 10.3 Å². The van der Waals surface area contributed by atoms with Crippen molar-refractivity contribution in [2.75, 3.05) is 7.11 Å². The number of pyridine rings is 1. The lowest BCUT2D eigenvalue weighted by Crippen LogP contribution is -2.20. The van der Waals surface area contributed by atoms with E-state index in [4.69, 9.17) is 4.42 Å². The van der Waals surface area contributed by atoms with E-state index in [1.54, 1.807) is 0 Å². The highest BCUT2D eigenvalue weighted by atomic mass is 19.1.